The number of hydrogen-bond donors (Lipinski definition) is 3. The molecule has 0 unspecified atom stereocenters. The number of fused-ring (bicyclic) bond motifs is 3. The zero-order valence-corrected chi connectivity index (χ0v) is 10.8. The molecule has 5 heteroatoms. The highest BCUT2D eigenvalue weighted by molar-refractivity contribution is 6.06. The Labute approximate surface area is 116 Å². The van der Waals surface area contributed by atoms with Crippen LogP contribution >= 0.6 is 0 Å². The quantitative estimate of drug-likeness (QED) is 0.625. The first-order valence-corrected chi connectivity index (χ1v) is 6.54. The Balaban J connectivity index is 1.88. The fraction of sp³-hybridized carbons (Fsp3) is 0.200. The molecule has 0 saturated carbocycles. The molecule has 1 aliphatic carbocycles. The summed E-state index contributed by atoms with van der Waals surface area (Å²) in [5.41, 5.74) is 15.5. The van der Waals surface area contributed by atoms with Crippen molar-refractivity contribution in [2.45, 2.75) is 18.3 Å². The highest BCUT2D eigenvalue weighted by Gasteiger charge is 2.51. The van der Waals surface area contributed by atoms with Gasteiger partial charge in [-0.1, -0.05) is 6.07 Å². The number of nitrogens with one attached hydrogen (secondary N) is 1. The Morgan fingerprint density at radius 1 is 1.15 bits per heavy atom. The minimum atomic E-state index is -0.549. The van der Waals surface area contributed by atoms with Crippen LogP contribution in [0.15, 0.2) is 30.5 Å². The van der Waals surface area contributed by atoms with E-state index in [1.807, 2.05) is 24.3 Å². The minimum absolute atomic E-state index is 0.0135. The molecule has 2 aliphatic rings. The molecule has 5 nitrogen and oxygen atoms in total. The lowest BCUT2D eigenvalue weighted by atomic mass is 9.79. The lowest BCUT2D eigenvalue weighted by molar-refractivity contribution is -0.120. The fourth-order valence-corrected chi connectivity index (χ4v) is 3.36. The fourth-order valence-electron chi connectivity index (χ4n) is 3.36. The van der Waals surface area contributed by atoms with Crippen LogP contribution in [0, 0.1) is 0 Å². The number of benzene rings is 1. The molecular weight excluding hydrogens is 252 g/mol. The van der Waals surface area contributed by atoms with Crippen LogP contribution in [0.3, 0.4) is 0 Å². The zero-order chi connectivity index (χ0) is 13.9. The van der Waals surface area contributed by atoms with Crippen LogP contribution in [-0.2, 0) is 23.1 Å². The number of carbonyl (C=O) groups excluding carboxylic acids is 1. The van der Waals surface area contributed by atoms with E-state index in [4.69, 9.17) is 11.5 Å². The van der Waals surface area contributed by atoms with Crippen molar-refractivity contribution < 1.29 is 4.79 Å². The third-order valence-corrected chi connectivity index (χ3v) is 4.38. The average molecular weight is 266 g/mol. The topological polar surface area (TPSA) is 94.0 Å². The van der Waals surface area contributed by atoms with Crippen LogP contribution in [0.25, 0.3) is 0 Å². The number of rotatable bonds is 0. The number of nitrogens with zero attached hydrogens (tertiary/aromatic N) is 1. The highest BCUT2D eigenvalue weighted by atomic mass is 16.2. The van der Waals surface area contributed by atoms with Crippen molar-refractivity contribution in [2.24, 2.45) is 0 Å². The number of pyridine rings is 1. The number of hydrogen-bond acceptors (Lipinski definition) is 4. The van der Waals surface area contributed by atoms with E-state index in [0.717, 1.165) is 16.7 Å². The van der Waals surface area contributed by atoms with Crippen LogP contribution in [0.1, 0.15) is 16.7 Å². The Morgan fingerprint density at radius 3 is 2.45 bits per heavy atom. The summed E-state index contributed by atoms with van der Waals surface area (Å²) in [6.45, 7) is 0. The summed E-state index contributed by atoms with van der Waals surface area (Å²) in [5, 5.41) is 2.88. The van der Waals surface area contributed by atoms with Gasteiger partial charge in [-0.3, -0.25) is 4.79 Å². The monoisotopic (exact) mass is 266 g/mol. The van der Waals surface area contributed by atoms with Crippen LogP contribution in [0.2, 0.25) is 0 Å². The van der Waals surface area contributed by atoms with Crippen LogP contribution in [0.5, 0.6) is 0 Å². The molecule has 0 bridgehead atoms. The van der Waals surface area contributed by atoms with Crippen LogP contribution < -0.4 is 16.8 Å². The SMILES string of the molecule is Nc1cc2c(cc1N)CC1(C2)C(=O)Nc2ncccc21. The van der Waals surface area contributed by atoms with Crippen LogP contribution in [-0.4, -0.2) is 10.9 Å². The summed E-state index contributed by atoms with van der Waals surface area (Å²) in [6.07, 6.45) is 2.99. The number of anilines is 3. The number of carbonyl (C=O) groups is 1. The maximum atomic E-state index is 12.5. The molecule has 100 valence electrons. The third kappa shape index (κ3) is 1.27. The third-order valence-electron chi connectivity index (χ3n) is 4.38. The maximum Gasteiger partial charge on any atom is 0.237 e. The predicted molar refractivity (Wildman–Crippen MR) is 77.2 cm³/mol. The number of aromatic nitrogens is 1. The largest absolute Gasteiger partial charge is 0.397 e. The molecule has 4 rings (SSSR count). The van der Waals surface area contributed by atoms with Gasteiger partial charge >= 0.3 is 0 Å². The Bertz CT molecular complexity index is 723. The first-order valence-electron chi connectivity index (χ1n) is 6.54. The van der Waals surface area contributed by atoms with E-state index >= 15 is 0 Å². The van der Waals surface area contributed by atoms with Crippen molar-refractivity contribution >= 4 is 23.1 Å². The normalized spacial score (nSPS) is 17.9. The molecule has 2 heterocycles. The second-order valence-electron chi connectivity index (χ2n) is 5.54. The van der Waals surface area contributed by atoms with Crippen molar-refractivity contribution in [3.8, 4) is 0 Å². The molecule has 1 spiro atoms. The summed E-state index contributed by atoms with van der Waals surface area (Å²) < 4.78 is 0. The molecule has 1 aromatic carbocycles. The molecule has 0 fully saturated rings. The second-order valence-corrected chi connectivity index (χ2v) is 5.54. The summed E-state index contributed by atoms with van der Waals surface area (Å²) in [7, 11) is 0. The molecule has 0 atom stereocenters. The Morgan fingerprint density at radius 2 is 1.80 bits per heavy atom. The Kier molecular flexibility index (Phi) is 1.98. The molecule has 5 N–H and O–H groups in total. The van der Waals surface area contributed by atoms with Gasteiger partial charge < -0.3 is 16.8 Å². The standard InChI is InChI=1S/C15H14N4O/c16-11-4-8-6-15(7-9(8)5-12(11)17)10-2-1-3-18-13(10)19-14(15)20/h1-5H,6-7,16-17H2,(H,18,19,20). The Hall–Kier alpha value is -2.56. The molecule has 0 radical (unpaired) electrons. The zero-order valence-electron chi connectivity index (χ0n) is 10.8. The van der Waals surface area contributed by atoms with E-state index in [-0.39, 0.29) is 5.91 Å². The summed E-state index contributed by atoms with van der Waals surface area (Å²) in [6, 6.07) is 7.62. The first-order chi connectivity index (χ1) is 9.60. The van der Waals surface area contributed by atoms with Gasteiger partial charge in [0, 0.05) is 11.8 Å². The van der Waals surface area contributed by atoms with Crippen LogP contribution in [0.4, 0.5) is 17.2 Å². The van der Waals surface area contributed by atoms with Gasteiger partial charge in [0.05, 0.1) is 16.8 Å². The van der Waals surface area contributed by atoms with Crippen molar-refractivity contribution in [3.63, 3.8) is 0 Å². The number of nitrogen functional groups attached to an aromatic ring is 2. The van der Waals surface area contributed by atoms with Gasteiger partial charge in [0.2, 0.25) is 5.91 Å². The van der Waals surface area contributed by atoms with Gasteiger partial charge in [0.1, 0.15) is 5.82 Å². The van der Waals surface area contributed by atoms with Gasteiger partial charge in [0.25, 0.3) is 0 Å². The van der Waals surface area contributed by atoms with Gasteiger partial charge in [0.15, 0.2) is 0 Å². The minimum Gasteiger partial charge on any atom is -0.397 e. The first kappa shape index (κ1) is 11.3. The van der Waals surface area contributed by atoms with Crippen molar-refractivity contribution in [2.75, 3.05) is 16.8 Å². The predicted octanol–water partition coefficient (Wildman–Crippen LogP) is 1.23. The van der Waals surface area contributed by atoms with Crippen molar-refractivity contribution in [3.05, 3.63) is 47.2 Å². The molecule has 1 amide bonds. The van der Waals surface area contributed by atoms with Crippen molar-refractivity contribution in [1.29, 1.82) is 0 Å². The molecular formula is C15H14N4O. The van der Waals surface area contributed by atoms with Gasteiger partial charge in [-0.05, 0) is 42.2 Å². The van der Waals surface area contributed by atoms with E-state index in [0.29, 0.717) is 30.0 Å². The van der Waals surface area contributed by atoms with Gasteiger partial charge in [-0.15, -0.1) is 0 Å². The van der Waals surface area contributed by atoms with E-state index in [9.17, 15) is 4.79 Å². The molecule has 20 heavy (non-hydrogen) atoms. The highest BCUT2D eigenvalue weighted by Crippen LogP contribution is 2.47. The summed E-state index contributed by atoms with van der Waals surface area (Å²) in [4.78, 5) is 16.7. The van der Waals surface area contributed by atoms with Crippen molar-refractivity contribution in [1.82, 2.24) is 4.98 Å². The van der Waals surface area contributed by atoms with E-state index in [2.05, 4.69) is 10.3 Å². The molecule has 1 aliphatic heterocycles. The molecule has 0 saturated heterocycles. The number of nitrogens with two attached hydrogens (primary N) is 2. The van der Waals surface area contributed by atoms with E-state index in [1.54, 1.807) is 6.20 Å². The number of amides is 1. The van der Waals surface area contributed by atoms with E-state index in [1.165, 1.54) is 0 Å². The molecule has 1 aromatic heterocycles. The lowest BCUT2D eigenvalue weighted by Gasteiger charge is -2.20. The van der Waals surface area contributed by atoms with E-state index < -0.39 is 5.41 Å². The average Bonchev–Trinajstić information content (AvgIpc) is 2.91. The second kappa shape index (κ2) is 3.50. The van der Waals surface area contributed by atoms with Gasteiger partial charge in [-0.2, -0.15) is 0 Å². The summed E-state index contributed by atoms with van der Waals surface area (Å²) >= 11 is 0. The molecule has 2 aromatic rings. The van der Waals surface area contributed by atoms with Gasteiger partial charge in [-0.25, -0.2) is 4.98 Å². The summed E-state index contributed by atoms with van der Waals surface area (Å²) in [5.74, 6) is 0.686. The maximum absolute atomic E-state index is 12.5. The smallest absolute Gasteiger partial charge is 0.237 e. The lowest BCUT2D eigenvalue weighted by Crippen LogP contribution is -2.35.